The van der Waals surface area contributed by atoms with Gasteiger partial charge in [-0.05, 0) is 45.3 Å². The fourth-order valence-electron chi connectivity index (χ4n) is 2.21. The van der Waals surface area contributed by atoms with Gasteiger partial charge in [0, 0.05) is 6.61 Å². The van der Waals surface area contributed by atoms with E-state index in [0.717, 1.165) is 6.61 Å². The summed E-state index contributed by atoms with van der Waals surface area (Å²) in [5, 5.41) is 0. The summed E-state index contributed by atoms with van der Waals surface area (Å²) < 4.78 is 5.83. The Kier molecular flexibility index (Phi) is 13.8. The van der Waals surface area contributed by atoms with Crippen LogP contribution in [0.1, 0.15) is 77.6 Å². The smallest absolute Gasteiger partial charge is 0.183 e. The summed E-state index contributed by atoms with van der Waals surface area (Å²) in [7, 11) is -1.28. The Balaban J connectivity index is 3.13. The standard InChI is InChI=1S/C18H38OSi/c1-5-6-7-8-9-10-11-12-13-14-15-16-17-18-19-20(2,3)4/h14-15H,5-13,16-18H2,1-4H3. The van der Waals surface area contributed by atoms with Crippen LogP contribution in [-0.2, 0) is 4.43 Å². The predicted molar refractivity (Wildman–Crippen MR) is 94.9 cm³/mol. The van der Waals surface area contributed by atoms with Crippen molar-refractivity contribution in [1.82, 2.24) is 0 Å². The van der Waals surface area contributed by atoms with Crippen molar-refractivity contribution in [1.29, 1.82) is 0 Å². The van der Waals surface area contributed by atoms with Crippen molar-refractivity contribution in [3.63, 3.8) is 0 Å². The lowest BCUT2D eigenvalue weighted by Gasteiger charge is -2.16. The van der Waals surface area contributed by atoms with Gasteiger partial charge < -0.3 is 4.43 Å². The second kappa shape index (κ2) is 13.9. The molecule has 0 aromatic rings. The minimum atomic E-state index is -1.28. The molecule has 120 valence electrons. The fourth-order valence-corrected chi connectivity index (χ4v) is 2.97. The first-order valence-electron chi connectivity index (χ1n) is 8.85. The molecule has 0 atom stereocenters. The normalized spacial score (nSPS) is 12.4. The average Bonchev–Trinajstić information content (AvgIpc) is 2.38. The zero-order valence-corrected chi connectivity index (χ0v) is 15.5. The van der Waals surface area contributed by atoms with Gasteiger partial charge in [-0.2, -0.15) is 0 Å². The van der Waals surface area contributed by atoms with Crippen LogP contribution >= 0.6 is 0 Å². The van der Waals surface area contributed by atoms with Crippen molar-refractivity contribution in [2.45, 2.75) is 97.2 Å². The molecule has 0 saturated carbocycles. The molecule has 0 unspecified atom stereocenters. The van der Waals surface area contributed by atoms with Gasteiger partial charge in [-0.15, -0.1) is 0 Å². The van der Waals surface area contributed by atoms with E-state index >= 15 is 0 Å². The third kappa shape index (κ3) is 17.9. The SMILES string of the molecule is CCCCCCCCCCC=CCCCO[Si](C)(C)C. The topological polar surface area (TPSA) is 9.23 Å². The molecule has 0 aromatic carbocycles. The highest BCUT2D eigenvalue weighted by Crippen LogP contribution is 2.10. The van der Waals surface area contributed by atoms with Gasteiger partial charge in [0.1, 0.15) is 0 Å². The minimum Gasteiger partial charge on any atom is -0.418 e. The van der Waals surface area contributed by atoms with Gasteiger partial charge in [-0.3, -0.25) is 0 Å². The summed E-state index contributed by atoms with van der Waals surface area (Å²) in [6, 6.07) is 0. The van der Waals surface area contributed by atoms with E-state index in [1.165, 1.54) is 70.6 Å². The van der Waals surface area contributed by atoms with E-state index in [1.807, 2.05) is 0 Å². The van der Waals surface area contributed by atoms with Gasteiger partial charge in [-0.25, -0.2) is 0 Å². The molecule has 20 heavy (non-hydrogen) atoms. The Bertz CT molecular complexity index is 218. The molecule has 0 bridgehead atoms. The molecule has 0 aliphatic heterocycles. The van der Waals surface area contributed by atoms with Gasteiger partial charge in [0.15, 0.2) is 8.32 Å². The summed E-state index contributed by atoms with van der Waals surface area (Å²) in [4.78, 5) is 0. The Labute approximate surface area is 129 Å². The van der Waals surface area contributed by atoms with Crippen LogP contribution in [0.5, 0.6) is 0 Å². The average molecular weight is 299 g/mol. The molecule has 0 amide bonds. The molecule has 0 rings (SSSR count). The second-order valence-corrected chi connectivity index (χ2v) is 11.4. The lowest BCUT2D eigenvalue weighted by Crippen LogP contribution is -2.25. The van der Waals surface area contributed by atoms with Gasteiger partial charge in [0.25, 0.3) is 0 Å². The first-order chi connectivity index (χ1) is 9.56. The predicted octanol–water partition coefficient (Wildman–Crippen LogP) is 6.71. The molecule has 0 heterocycles. The number of hydrogen-bond acceptors (Lipinski definition) is 1. The molecule has 0 radical (unpaired) electrons. The van der Waals surface area contributed by atoms with Crippen molar-refractivity contribution >= 4 is 8.32 Å². The summed E-state index contributed by atoms with van der Waals surface area (Å²) in [5.74, 6) is 0. The van der Waals surface area contributed by atoms with Crippen LogP contribution in [0.3, 0.4) is 0 Å². The Morgan fingerprint density at radius 3 is 1.75 bits per heavy atom. The zero-order chi connectivity index (χ0) is 15.1. The highest BCUT2D eigenvalue weighted by atomic mass is 28.4. The molecule has 0 N–H and O–H groups in total. The molecule has 0 aliphatic rings. The fraction of sp³-hybridized carbons (Fsp3) is 0.889. The lowest BCUT2D eigenvalue weighted by atomic mass is 10.1. The summed E-state index contributed by atoms with van der Waals surface area (Å²) >= 11 is 0. The van der Waals surface area contributed by atoms with Crippen LogP contribution < -0.4 is 0 Å². The third-order valence-corrected chi connectivity index (χ3v) is 4.51. The maximum Gasteiger partial charge on any atom is 0.183 e. The highest BCUT2D eigenvalue weighted by Gasteiger charge is 2.12. The van der Waals surface area contributed by atoms with Crippen molar-refractivity contribution in [2.75, 3.05) is 6.61 Å². The first-order valence-corrected chi connectivity index (χ1v) is 12.3. The Morgan fingerprint density at radius 2 is 1.20 bits per heavy atom. The molecule has 0 spiro atoms. The molecular formula is C18H38OSi. The van der Waals surface area contributed by atoms with E-state index in [-0.39, 0.29) is 0 Å². The molecular weight excluding hydrogens is 260 g/mol. The summed E-state index contributed by atoms with van der Waals surface area (Å²) in [5.41, 5.74) is 0. The monoisotopic (exact) mass is 298 g/mol. The molecule has 0 fully saturated rings. The quantitative estimate of drug-likeness (QED) is 0.197. The van der Waals surface area contributed by atoms with Gasteiger partial charge in [-0.1, -0.05) is 64.0 Å². The Hall–Kier alpha value is -0.0831. The summed E-state index contributed by atoms with van der Waals surface area (Å²) in [6.45, 7) is 9.99. The van der Waals surface area contributed by atoms with Crippen LogP contribution in [0.15, 0.2) is 12.2 Å². The van der Waals surface area contributed by atoms with Gasteiger partial charge in [0.05, 0.1) is 0 Å². The number of rotatable bonds is 14. The van der Waals surface area contributed by atoms with Crippen LogP contribution in [0.2, 0.25) is 19.6 Å². The molecule has 1 nitrogen and oxygen atoms in total. The van der Waals surface area contributed by atoms with E-state index in [4.69, 9.17) is 4.43 Å². The third-order valence-electron chi connectivity index (χ3n) is 3.44. The number of unbranched alkanes of at least 4 members (excludes halogenated alkanes) is 9. The first kappa shape index (κ1) is 19.9. The maximum atomic E-state index is 5.83. The summed E-state index contributed by atoms with van der Waals surface area (Å²) in [6.07, 6.45) is 19.7. The van der Waals surface area contributed by atoms with E-state index in [9.17, 15) is 0 Å². The number of hydrogen-bond donors (Lipinski definition) is 0. The van der Waals surface area contributed by atoms with E-state index < -0.39 is 8.32 Å². The van der Waals surface area contributed by atoms with Crippen molar-refractivity contribution in [3.05, 3.63) is 12.2 Å². The van der Waals surface area contributed by atoms with Crippen LogP contribution in [0.25, 0.3) is 0 Å². The highest BCUT2D eigenvalue weighted by molar-refractivity contribution is 6.69. The van der Waals surface area contributed by atoms with Crippen LogP contribution in [0.4, 0.5) is 0 Å². The van der Waals surface area contributed by atoms with Crippen LogP contribution in [0, 0.1) is 0 Å². The van der Waals surface area contributed by atoms with E-state index in [2.05, 4.69) is 38.7 Å². The Morgan fingerprint density at radius 1 is 0.700 bits per heavy atom. The van der Waals surface area contributed by atoms with E-state index in [1.54, 1.807) is 0 Å². The van der Waals surface area contributed by atoms with Gasteiger partial charge >= 0.3 is 0 Å². The molecule has 2 heteroatoms. The molecule has 0 aliphatic carbocycles. The van der Waals surface area contributed by atoms with Crippen molar-refractivity contribution in [2.24, 2.45) is 0 Å². The second-order valence-electron chi connectivity index (χ2n) is 6.84. The molecule has 0 saturated heterocycles. The van der Waals surface area contributed by atoms with E-state index in [0.29, 0.717) is 0 Å². The largest absolute Gasteiger partial charge is 0.418 e. The minimum absolute atomic E-state index is 0.942. The lowest BCUT2D eigenvalue weighted by molar-refractivity contribution is 0.306. The molecule has 0 aromatic heterocycles. The van der Waals surface area contributed by atoms with Crippen molar-refractivity contribution < 1.29 is 4.43 Å². The maximum absolute atomic E-state index is 5.83. The van der Waals surface area contributed by atoms with Crippen LogP contribution in [-0.4, -0.2) is 14.9 Å². The van der Waals surface area contributed by atoms with Crippen molar-refractivity contribution in [3.8, 4) is 0 Å². The zero-order valence-electron chi connectivity index (χ0n) is 14.5. The van der Waals surface area contributed by atoms with Gasteiger partial charge in [0.2, 0.25) is 0 Å². The number of allylic oxidation sites excluding steroid dienone is 2.